The molecule has 1 heterocycles. The molecule has 4 rings (SSSR count). The normalized spacial score (nSPS) is 15.6. The van der Waals surface area contributed by atoms with Crippen LogP contribution in [0, 0.1) is 11.3 Å². The van der Waals surface area contributed by atoms with Crippen molar-refractivity contribution in [3.8, 4) is 0 Å². The molecule has 0 fully saturated rings. The Bertz CT molecular complexity index is 1210. The lowest BCUT2D eigenvalue weighted by atomic mass is 9.72. The smallest absolute Gasteiger partial charge is 0.258 e. The van der Waals surface area contributed by atoms with E-state index in [1.54, 1.807) is 48.5 Å². The van der Waals surface area contributed by atoms with Crippen molar-refractivity contribution < 1.29 is 9.59 Å². The van der Waals surface area contributed by atoms with Crippen molar-refractivity contribution >= 4 is 57.0 Å². The van der Waals surface area contributed by atoms with Gasteiger partial charge in [-0.1, -0.05) is 56.1 Å². The quantitative estimate of drug-likeness (QED) is 0.385. The van der Waals surface area contributed by atoms with Crippen LogP contribution in [0.1, 0.15) is 58.3 Å². The third-order valence-electron chi connectivity index (χ3n) is 6.11. The predicted octanol–water partition coefficient (Wildman–Crippen LogP) is 7.71. The van der Waals surface area contributed by atoms with E-state index in [1.165, 1.54) is 16.2 Å². The Morgan fingerprint density at radius 3 is 2.33 bits per heavy atom. The Labute approximate surface area is 208 Å². The summed E-state index contributed by atoms with van der Waals surface area (Å²) in [6, 6.07) is 13.8. The predicted molar refractivity (Wildman–Crippen MR) is 138 cm³/mol. The van der Waals surface area contributed by atoms with Crippen LogP contribution in [-0.4, -0.2) is 11.8 Å². The molecular formula is C26H26Cl2N2O2S. The molecule has 1 unspecified atom stereocenters. The number of halogens is 2. The fourth-order valence-corrected chi connectivity index (χ4v) is 5.92. The monoisotopic (exact) mass is 500 g/mol. The Morgan fingerprint density at radius 2 is 1.67 bits per heavy atom. The summed E-state index contributed by atoms with van der Waals surface area (Å²) in [4.78, 5) is 27.5. The van der Waals surface area contributed by atoms with Crippen LogP contribution < -0.4 is 10.6 Å². The summed E-state index contributed by atoms with van der Waals surface area (Å²) >= 11 is 13.7. The molecule has 2 aromatic carbocycles. The van der Waals surface area contributed by atoms with Gasteiger partial charge in [-0.2, -0.15) is 0 Å². The van der Waals surface area contributed by atoms with E-state index in [-0.39, 0.29) is 17.2 Å². The average molecular weight is 501 g/mol. The number of carbonyl (C=O) groups excluding carboxylic acids is 2. The molecule has 172 valence electrons. The first-order valence-electron chi connectivity index (χ1n) is 10.9. The number of thiophene rings is 1. The summed E-state index contributed by atoms with van der Waals surface area (Å²) in [5.41, 5.74) is 2.81. The lowest BCUT2D eigenvalue weighted by molar-refractivity contribution is 0.102. The number of hydrogen-bond donors (Lipinski definition) is 2. The number of carbonyl (C=O) groups is 2. The van der Waals surface area contributed by atoms with Crippen molar-refractivity contribution in [1.29, 1.82) is 0 Å². The second-order valence-corrected chi connectivity index (χ2v) is 11.4. The van der Waals surface area contributed by atoms with Crippen LogP contribution in [0.5, 0.6) is 0 Å². The molecule has 7 heteroatoms. The highest BCUT2D eigenvalue weighted by Gasteiger charge is 2.34. The highest BCUT2D eigenvalue weighted by atomic mass is 35.5. The fourth-order valence-electron chi connectivity index (χ4n) is 4.22. The van der Waals surface area contributed by atoms with Gasteiger partial charge in [-0.15, -0.1) is 11.3 Å². The molecule has 0 aliphatic heterocycles. The zero-order chi connectivity index (χ0) is 23.8. The first-order chi connectivity index (χ1) is 15.6. The second-order valence-electron chi connectivity index (χ2n) is 9.44. The van der Waals surface area contributed by atoms with E-state index in [0.29, 0.717) is 37.8 Å². The molecule has 1 atom stereocenters. The third kappa shape index (κ3) is 5.43. The van der Waals surface area contributed by atoms with Crippen molar-refractivity contribution in [2.24, 2.45) is 11.3 Å². The first kappa shape index (κ1) is 23.8. The lowest BCUT2D eigenvalue weighted by Crippen LogP contribution is -2.27. The molecular weight excluding hydrogens is 475 g/mol. The van der Waals surface area contributed by atoms with Crippen molar-refractivity contribution in [3.05, 3.63) is 80.1 Å². The molecule has 0 saturated carbocycles. The number of anilines is 2. The molecule has 2 N–H and O–H groups in total. The highest BCUT2D eigenvalue weighted by Crippen LogP contribution is 2.44. The van der Waals surface area contributed by atoms with Crippen LogP contribution in [0.2, 0.25) is 10.0 Å². The Morgan fingerprint density at radius 1 is 0.970 bits per heavy atom. The lowest BCUT2D eigenvalue weighted by Gasteiger charge is -2.33. The van der Waals surface area contributed by atoms with Gasteiger partial charge in [0.15, 0.2) is 0 Å². The maximum atomic E-state index is 13.4. The van der Waals surface area contributed by atoms with Crippen molar-refractivity contribution in [3.63, 3.8) is 0 Å². The molecule has 3 aromatic rings. The van der Waals surface area contributed by atoms with Gasteiger partial charge >= 0.3 is 0 Å². The van der Waals surface area contributed by atoms with Gasteiger partial charge in [0.2, 0.25) is 0 Å². The number of fused-ring (bicyclic) bond motifs is 1. The summed E-state index contributed by atoms with van der Waals surface area (Å²) in [5, 5.41) is 7.53. The minimum Gasteiger partial charge on any atom is -0.322 e. The Balaban J connectivity index is 1.69. The number of benzene rings is 2. The van der Waals surface area contributed by atoms with E-state index in [9.17, 15) is 9.59 Å². The SMILES string of the molecule is CC(C)(C)C1CCc2c(sc(NC(=O)c3cccc(Cl)c3)c2C(=O)Nc2cccc(Cl)c2)C1. The molecule has 33 heavy (non-hydrogen) atoms. The van der Waals surface area contributed by atoms with Gasteiger partial charge in [-0.3, -0.25) is 9.59 Å². The molecule has 2 amide bonds. The zero-order valence-electron chi connectivity index (χ0n) is 18.8. The number of nitrogens with one attached hydrogen (secondary N) is 2. The van der Waals surface area contributed by atoms with Crippen LogP contribution in [0.15, 0.2) is 48.5 Å². The standard InChI is InChI=1S/C26H26Cl2N2O2S/c1-26(2,3)16-10-11-20-21(13-16)33-25(30-23(31)15-6-4-7-17(27)12-15)22(20)24(32)29-19-9-5-8-18(28)14-19/h4-9,12,14,16H,10-11,13H2,1-3H3,(H,29,32)(H,30,31). The van der Waals surface area contributed by atoms with Gasteiger partial charge in [0.25, 0.3) is 11.8 Å². The van der Waals surface area contributed by atoms with Crippen molar-refractivity contribution in [2.45, 2.75) is 40.0 Å². The summed E-state index contributed by atoms with van der Waals surface area (Å²) < 4.78 is 0. The summed E-state index contributed by atoms with van der Waals surface area (Å²) in [6.45, 7) is 6.76. The van der Waals surface area contributed by atoms with Gasteiger partial charge in [0, 0.05) is 26.2 Å². The van der Waals surface area contributed by atoms with E-state index in [4.69, 9.17) is 23.2 Å². The molecule has 4 nitrogen and oxygen atoms in total. The van der Waals surface area contributed by atoms with E-state index in [0.717, 1.165) is 24.8 Å². The van der Waals surface area contributed by atoms with E-state index < -0.39 is 0 Å². The maximum Gasteiger partial charge on any atom is 0.258 e. The van der Waals surface area contributed by atoms with Crippen LogP contribution in [0.25, 0.3) is 0 Å². The number of amides is 2. The van der Waals surface area contributed by atoms with Gasteiger partial charge < -0.3 is 10.6 Å². The number of rotatable bonds is 4. The van der Waals surface area contributed by atoms with Crippen LogP contribution >= 0.6 is 34.5 Å². The molecule has 0 saturated heterocycles. The molecule has 1 aliphatic carbocycles. The highest BCUT2D eigenvalue weighted by molar-refractivity contribution is 7.17. The zero-order valence-corrected chi connectivity index (χ0v) is 21.1. The molecule has 1 aliphatic rings. The van der Waals surface area contributed by atoms with E-state index in [1.807, 2.05) is 0 Å². The van der Waals surface area contributed by atoms with Gasteiger partial charge in [0.1, 0.15) is 5.00 Å². The van der Waals surface area contributed by atoms with Crippen LogP contribution in [-0.2, 0) is 12.8 Å². The van der Waals surface area contributed by atoms with Crippen LogP contribution in [0.4, 0.5) is 10.7 Å². The Kier molecular flexibility index (Phi) is 6.85. The fraction of sp³-hybridized carbons (Fsp3) is 0.308. The van der Waals surface area contributed by atoms with Crippen molar-refractivity contribution in [1.82, 2.24) is 0 Å². The molecule has 0 bridgehead atoms. The van der Waals surface area contributed by atoms with Gasteiger partial charge in [-0.25, -0.2) is 0 Å². The largest absolute Gasteiger partial charge is 0.322 e. The third-order valence-corrected chi connectivity index (χ3v) is 7.75. The molecule has 1 aromatic heterocycles. The van der Waals surface area contributed by atoms with Crippen molar-refractivity contribution in [2.75, 3.05) is 10.6 Å². The molecule has 0 spiro atoms. The van der Waals surface area contributed by atoms with Crippen LogP contribution in [0.3, 0.4) is 0 Å². The first-order valence-corrected chi connectivity index (χ1v) is 12.5. The maximum absolute atomic E-state index is 13.4. The second kappa shape index (κ2) is 9.49. The average Bonchev–Trinajstić information content (AvgIpc) is 3.10. The Hall–Kier alpha value is -2.34. The summed E-state index contributed by atoms with van der Waals surface area (Å²) in [7, 11) is 0. The topological polar surface area (TPSA) is 58.2 Å². The summed E-state index contributed by atoms with van der Waals surface area (Å²) in [5.74, 6) is -0.0189. The number of hydrogen-bond acceptors (Lipinski definition) is 3. The van der Waals surface area contributed by atoms with E-state index in [2.05, 4.69) is 31.4 Å². The minimum atomic E-state index is -0.291. The molecule has 0 radical (unpaired) electrons. The van der Waals surface area contributed by atoms with Gasteiger partial charge in [-0.05, 0) is 72.6 Å². The van der Waals surface area contributed by atoms with Gasteiger partial charge in [0.05, 0.1) is 5.56 Å². The minimum absolute atomic E-state index is 0.176. The van der Waals surface area contributed by atoms with E-state index >= 15 is 0 Å². The summed E-state index contributed by atoms with van der Waals surface area (Å²) in [6.07, 6.45) is 2.71.